The van der Waals surface area contributed by atoms with Gasteiger partial charge >= 0.3 is 0 Å². The van der Waals surface area contributed by atoms with Crippen LogP contribution in [0.2, 0.25) is 0 Å². The summed E-state index contributed by atoms with van der Waals surface area (Å²) in [5, 5.41) is 0. The Hall–Kier alpha value is -2.67. The van der Waals surface area contributed by atoms with E-state index >= 15 is 0 Å². The maximum atomic E-state index is 12.7. The van der Waals surface area contributed by atoms with Crippen molar-refractivity contribution in [2.24, 2.45) is 4.99 Å². The number of carbonyl (C=O) groups is 1. The predicted molar refractivity (Wildman–Crippen MR) is 103 cm³/mol. The fourth-order valence-electron chi connectivity index (χ4n) is 3.81. The van der Waals surface area contributed by atoms with E-state index in [1.54, 1.807) is 30.1 Å². The van der Waals surface area contributed by atoms with Crippen molar-refractivity contribution >= 4 is 21.8 Å². The van der Waals surface area contributed by atoms with Gasteiger partial charge in [0, 0.05) is 12.6 Å². The molecule has 2 aromatic carbocycles. The van der Waals surface area contributed by atoms with E-state index in [1.165, 1.54) is 17.2 Å². The van der Waals surface area contributed by atoms with Crippen LogP contribution in [0.4, 0.5) is 0 Å². The monoisotopic (exact) mass is 383 g/mol. The fourth-order valence-corrected chi connectivity index (χ4v) is 5.06. The Bertz CT molecular complexity index is 1030. The number of sulfonamides is 1. The number of nitrogens with zero attached hydrogens (tertiary/aromatic N) is 2. The zero-order chi connectivity index (χ0) is 19.0. The molecule has 0 bridgehead atoms. The molecule has 0 saturated heterocycles. The zero-order valence-corrected chi connectivity index (χ0v) is 15.9. The van der Waals surface area contributed by atoms with Crippen molar-refractivity contribution in [3.63, 3.8) is 0 Å². The highest BCUT2D eigenvalue weighted by Crippen LogP contribution is 2.33. The van der Waals surface area contributed by atoms with Crippen molar-refractivity contribution in [2.75, 3.05) is 13.6 Å². The fraction of sp³-hybridized carbons (Fsp3) is 0.300. The number of aliphatic imine (C=N–C) groups is 1. The second-order valence-corrected chi connectivity index (χ2v) is 8.53. The van der Waals surface area contributed by atoms with E-state index in [0.29, 0.717) is 5.56 Å². The maximum Gasteiger partial charge on any atom is 0.263 e. The molecule has 1 amide bonds. The van der Waals surface area contributed by atoms with Gasteiger partial charge < -0.3 is 4.90 Å². The van der Waals surface area contributed by atoms with E-state index in [1.807, 2.05) is 12.1 Å². The second kappa shape index (κ2) is 6.81. The van der Waals surface area contributed by atoms with Crippen LogP contribution in [0, 0.1) is 0 Å². The quantitative estimate of drug-likeness (QED) is 0.883. The molecular formula is C20H21N3O3S. The largest absolute Gasteiger partial charge is 0.337 e. The van der Waals surface area contributed by atoms with Gasteiger partial charge in [-0.1, -0.05) is 36.4 Å². The number of amidine groups is 1. The molecule has 0 fully saturated rings. The lowest BCUT2D eigenvalue weighted by molar-refractivity contribution is -0.130. The lowest BCUT2D eigenvalue weighted by Crippen LogP contribution is -2.35. The van der Waals surface area contributed by atoms with E-state index in [-0.39, 0.29) is 29.2 Å². The minimum Gasteiger partial charge on any atom is -0.337 e. The molecule has 7 heteroatoms. The first kappa shape index (κ1) is 17.7. The van der Waals surface area contributed by atoms with Gasteiger partial charge in [-0.15, -0.1) is 0 Å². The van der Waals surface area contributed by atoms with Crippen LogP contribution in [0.25, 0.3) is 0 Å². The van der Waals surface area contributed by atoms with Crippen LogP contribution >= 0.6 is 0 Å². The Morgan fingerprint density at radius 3 is 2.78 bits per heavy atom. The Balaban J connectivity index is 1.53. The van der Waals surface area contributed by atoms with Crippen LogP contribution in [-0.4, -0.2) is 38.7 Å². The summed E-state index contributed by atoms with van der Waals surface area (Å²) in [6.07, 6.45) is 3.00. The number of hydrogen-bond donors (Lipinski definition) is 1. The van der Waals surface area contributed by atoms with Gasteiger partial charge in [-0.3, -0.25) is 14.5 Å². The first-order chi connectivity index (χ1) is 13.0. The summed E-state index contributed by atoms with van der Waals surface area (Å²) >= 11 is 0. The Kier molecular flexibility index (Phi) is 4.47. The Labute approximate surface area is 159 Å². The average molecular weight is 383 g/mol. The van der Waals surface area contributed by atoms with Crippen LogP contribution in [0.3, 0.4) is 0 Å². The number of carbonyl (C=O) groups excluding carboxylic acids is 1. The average Bonchev–Trinajstić information content (AvgIpc) is 2.96. The van der Waals surface area contributed by atoms with Crippen molar-refractivity contribution in [3.05, 3.63) is 65.2 Å². The van der Waals surface area contributed by atoms with Crippen molar-refractivity contribution < 1.29 is 13.2 Å². The SMILES string of the molecule is CN(C(=O)CN=C1NS(=O)(=O)c2ccccc21)[C@H]1CCCc2ccccc21. The van der Waals surface area contributed by atoms with Crippen LogP contribution in [0.15, 0.2) is 58.4 Å². The molecule has 1 aliphatic heterocycles. The molecular weight excluding hydrogens is 362 g/mol. The smallest absolute Gasteiger partial charge is 0.263 e. The van der Waals surface area contributed by atoms with Gasteiger partial charge in [0.2, 0.25) is 5.91 Å². The number of rotatable bonds is 3. The number of benzene rings is 2. The van der Waals surface area contributed by atoms with Crippen molar-refractivity contribution in [1.29, 1.82) is 0 Å². The molecule has 1 N–H and O–H groups in total. The third-order valence-electron chi connectivity index (χ3n) is 5.23. The zero-order valence-electron chi connectivity index (χ0n) is 15.1. The van der Waals surface area contributed by atoms with Crippen LogP contribution in [0.5, 0.6) is 0 Å². The first-order valence-electron chi connectivity index (χ1n) is 8.97. The van der Waals surface area contributed by atoms with Gasteiger partial charge in [-0.2, -0.15) is 0 Å². The summed E-state index contributed by atoms with van der Waals surface area (Å²) < 4.78 is 26.7. The van der Waals surface area contributed by atoms with E-state index < -0.39 is 10.0 Å². The Morgan fingerprint density at radius 2 is 1.93 bits per heavy atom. The molecule has 6 nitrogen and oxygen atoms in total. The highest BCUT2D eigenvalue weighted by atomic mass is 32.2. The van der Waals surface area contributed by atoms with Crippen LogP contribution in [0.1, 0.15) is 35.6 Å². The molecule has 1 aliphatic carbocycles. The highest BCUT2D eigenvalue weighted by Gasteiger charge is 2.31. The molecule has 2 aromatic rings. The molecule has 0 aromatic heterocycles. The lowest BCUT2D eigenvalue weighted by Gasteiger charge is -2.33. The van der Waals surface area contributed by atoms with Crippen LogP contribution < -0.4 is 4.72 Å². The summed E-state index contributed by atoms with van der Waals surface area (Å²) in [5.74, 6) is 0.101. The summed E-state index contributed by atoms with van der Waals surface area (Å²) in [6.45, 7) is -0.0959. The van der Waals surface area contributed by atoms with E-state index in [0.717, 1.165) is 19.3 Å². The van der Waals surface area contributed by atoms with E-state index in [9.17, 15) is 13.2 Å². The predicted octanol–water partition coefficient (Wildman–Crippen LogP) is 2.26. The minimum atomic E-state index is -3.59. The molecule has 0 spiro atoms. The van der Waals surface area contributed by atoms with Gasteiger partial charge in [-0.05, 0) is 42.5 Å². The standard InChI is InChI=1S/C20H21N3O3S/c1-23(17-11-6-8-14-7-2-3-9-15(14)17)19(24)13-21-20-16-10-4-5-12-18(16)27(25,26)22-20/h2-5,7,9-10,12,17H,6,8,11,13H2,1H3,(H,21,22)/t17-/m0/s1. The topological polar surface area (TPSA) is 78.8 Å². The number of aryl methyl sites for hydroxylation is 1. The number of fused-ring (bicyclic) bond motifs is 2. The van der Waals surface area contributed by atoms with Crippen molar-refractivity contribution in [3.8, 4) is 0 Å². The minimum absolute atomic E-state index is 0.0372. The number of likely N-dealkylation sites (N-methyl/N-ethyl adjacent to an activating group) is 1. The van der Waals surface area contributed by atoms with E-state index in [4.69, 9.17) is 0 Å². The molecule has 4 rings (SSSR count). The van der Waals surface area contributed by atoms with E-state index in [2.05, 4.69) is 21.8 Å². The molecule has 140 valence electrons. The number of amides is 1. The van der Waals surface area contributed by atoms with Gasteiger partial charge in [0.05, 0.1) is 10.9 Å². The third-order valence-corrected chi connectivity index (χ3v) is 6.63. The molecule has 27 heavy (non-hydrogen) atoms. The molecule has 2 aliphatic rings. The molecule has 1 heterocycles. The number of nitrogens with one attached hydrogen (secondary N) is 1. The molecule has 0 saturated carbocycles. The summed E-state index contributed by atoms with van der Waals surface area (Å²) in [4.78, 5) is 18.9. The third kappa shape index (κ3) is 3.23. The molecule has 0 radical (unpaired) electrons. The van der Waals surface area contributed by atoms with Gasteiger partial charge in [-0.25, -0.2) is 8.42 Å². The second-order valence-electron chi connectivity index (χ2n) is 6.88. The van der Waals surface area contributed by atoms with Gasteiger partial charge in [0.1, 0.15) is 12.4 Å². The van der Waals surface area contributed by atoms with Crippen molar-refractivity contribution in [1.82, 2.24) is 9.62 Å². The Morgan fingerprint density at radius 1 is 1.19 bits per heavy atom. The highest BCUT2D eigenvalue weighted by molar-refractivity contribution is 7.90. The molecule has 1 atom stereocenters. The maximum absolute atomic E-state index is 12.7. The van der Waals surface area contributed by atoms with Gasteiger partial charge in [0.15, 0.2) is 0 Å². The summed E-state index contributed by atoms with van der Waals surface area (Å²) in [5.41, 5.74) is 2.99. The summed E-state index contributed by atoms with van der Waals surface area (Å²) in [6, 6.07) is 14.9. The number of hydrogen-bond acceptors (Lipinski definition) is 4. The first-order valence-corrected chi connectivity index (χ1v) is 10.5. The normalized spacial score (nSPS) is 21.2. The van der Waals surface area contributed by atoms with Gasteiger partial charge in [0.25, 0.3) is 10.0 Å². The van der Waals surface area contributed by atoms with Crippen LogP contribution in [-0.2, 0) is 21.2 Å². The molecule has 0 unspecified atom stereocenters. The van der Waals surface area contributed by atoms with Crippen molar-refractivity contribution in [2.45, 2.75) is 30.2 Å². The lowest BCUT2D eigenvalue weighted by atomic mass is 9.87. The summed E-state index contributed by atoms with van der Waals surface area (Å²) in [7, 11) is -1.80.